The van der Waals surface area contributed by atoms with Crippen LogP contribution in [0.25, 0.3) is 0 Å². The average molecular weight is 334 g/mol. The second-order valence-electron chi connectivity index (χ2n) is 5.13. The van der Waals surface area contributed by atoms with E-state index < -0.39 is 27.5 Å². The zero-order valence-electron chi connectivity index (χ0n) is 12.7. The first-order valence-electron chi connectivity index (χ1n) is 7.07. The van der Waals surface area contributed by atoms with Crippen LogP contribution in [-0.4, -0.2) is 31.9 Å². The SMILES string of the molecule is COc1ccc(S(=O)(=O)[C@H](CC(=O)O)Cc2ccccc2)cc1. The second kappa shape index (κ2) is 7.28. The van der Waals surface area contributed by atoms with Gasteiger partial charge in [0.15, 0.2) is 9.84 Å². The number of hydrogen-bond donors (Lipinski definition) is 1. The van der Waals surface area contributed by atoms with E-state index in [-0.39, 0.29) is 11.3 Å². The van der Waals surface area contributed by atoms with Crippen molar-refractivity contribution in [1.82, 2.24) is 0 Å². The number of methoxy groups -OCH3 is 1. The van der Waals surface area contributed by atoms with Gasteiger partial charge < -0.3 is 9.84 Å². The third-order valence-electron chi connectivity index (χ3n) is 3.54. The van der Waals surface area contributed by atoms with Crippen LogP contribution in [0.1, 0.15) is 12.0 Å². The van der Waals surface area contributed by atoms with Gasteiger partial charge in [-0.2, -0.15) is 0 Å². The minimum Gasteiger partial charge on any atom is -0.497 e. The highest BCUT2D eigenvalue weighted by Gasteiger charge is 2.30. The summed E-state index contributed by atoms with van der Waals surface area (Å²) in [4.78, 5) is 11.2. The molecule has 0 amide bonds. The third-order valence-corrected chi connectivity index (χ3v) is 5.68. The molecule has 0 aliphatic rings. The summed E-state index contributed by atoms with van der Waals surface area (Å²) >= 11 is 0. The van der Waals surface area contributed by atoms with Crippen molar-refractivity contribution in [3.8, 4) is 5.75 Å². The van der Waals surface area contributed by atoms with Gasteiger partial charge in [0.1, 0.15) is 5.75 Å². The minimum absolute atomic E-state index is 0.0977. The highest BCUT2D eigenvalue weighted by molar-refractivity contribution is 7.92. The molecule has 6 heteroatoms. The molecule has 0 spiro atoms. The lowest BCUT2D eigenvalue weighted by Gasteiger charge is -2.16. The molecule has 5 nitrogen and oxygen atoms in total. The molecule has 2 aromatic carbocycles. The Kier molecular flexibility index (Phi) is 5.39. The van der Waals surface area contributed by atoms with E-state index in [1.807, 2.05) is 6.07 Å². The summed E-state index contributed by atoms with van der Waals surface area (Å²) in [5.41, 5.74) is 0.788. The molecule has 23 heavy (non-hydrogen) atoms. The Balaban J connectivity index is 2.33. The molecular formula is C17H18O5S. The van der Waals surface area contributed by atoms with E-state index in [2.05, 4.69) is 0 Å². The van der Waals surface area contributed by atoms with Crippen molar-refractivity contribution in [3.63, 3.8) is 0 Å². The number of ether oxygens (including phenoxy) is 1. The molecule has 0 heterocycles. The maximum atomic E-state index is 12.8. The van der Waals surface area contributed by atoms with Crippen LogP contribution >= 0.6 is 0 Å². The number of hydrogen-bond acceptors (Lipinski definition) is 4. The Bertz CT molecular complexity index is 751. The molecule has 0 unspecified atom stereocenters. The number of rotatable bonds is 7. The predicted octanol–water partition coefficient (Wildman–Crippen LogP) is 2.55. The Morgan fingerprint density at radius 1 is 1.09 bits per heavy atom. The fourth-order valence-electron chi connectivity index (χ4n) is 2.32. The van der Waals surface area contributed by atoms with Crippen LogP contribution in [0.15, 0.2) is 59.5 Å². The summed E-state index contributed by atoms with van der Waals surface area (Å²) in [5.74, 6) is -0.593. The number of aliphatic carboxylic acids is 1. The van der Waals surface area contributed by atoms with E-state index in [9.17, 15) is 13.2 Å². The molecule has 122 valence electrons. The van der Waals surface area contributed by atoms with Gasteiger partial charge in [-0.3, -0.25) is 4.79 Å². The first-order valence-corrected chi connectivity index (χ1v) is 8.62. The molecule has 0 bridgehead atoms. The van der Waals surface area contributed by atoms with Crippen LogP contribution in [0, 0.1) is 0 Å². The van der Waals surface area contributed by atoms with Gasteiger partial charge in [0.2, 0.25) is 0 Å². The summed E-state index contributed by atoms with van der Waals surface area (Å²) in [6.07, 6.45) is -0.287. The highest BCUT2D eigenvalue weighted by atomic mass is 32.2. The van der Waals surface area contributed by atoms with Crippen LogP contribution in [0.5, 0.6) is 5.75 Å². The van der Waals surface area contributed by atoms with Crippen LogP contribution in [-0.2, 0) is 21.1 Å². The number of carboxylic acids is 1. The van der Waals surface area contributed by atoms with Crippen molar-refractivity contribution < 1.29 is 23.1 Å². The normalized spacial score (nSPS) is 12.6. The van der Waals surface area contributed by atoms with Gasteiger partial charge in [-0.25, -0.2) is 8.42 Å². The molecule has 0 aromatic heterocycles. The van der Waals surface area contributed by atoms with Gasteiger partial charge in [-0.05, 0) is 36.2 Å². The van der Waals surface area contributed by atoms with Crippen molar-refractivity contribution in [3.05, 3.63) is 60.2 Å². The fraction of sp³-hybridized carbons (Fsp3) is 0.235. The van der Waals surface area contributed by atoms with E-state index >= 15 is 0 Å². The number of sulfone groups is 1. The highest BCUT2D eigenvalue weighted by Crippen LogP contribution is 2.24. The smallest absolute Gasteiger partial charge is 0.304 e. The Morgan fingerprint density at radius 3 is 2.22 bits per heavy atom. The molecule has 2 aromatic rings. The lowest BCUT2D eigenvalue weighted by atomic mass is 10.1. The Hall–Kier alpha value is -2.34. The Morgan fingerprint density at radius 2 is 1.70 bits per heavy atom. The molecule has 2 rings (SSSR count). The zero-order chi connectivity index (χ0) is 16.9. The average Bonchev–Trinajstić information content (AvgIpc) is 2.55. The summed E-state index contributed by atoms with van der Waals surface area (Å²) in [6, 6.07) is 15.0. The van der Waals surface area contributed by atoms with Crippen LogP contribution < -0.4 is 4.74 Å². The first kappa shape index (κ1) is 17.0. The number of carbonyl (C=O) groups is 1. The molecule has 0 saturated carbocycles. The quantitative estimate of drug-likeness (QED) is 0.841. The maximum absolute atomic E-state index is 12.8. The number of benzene rings is 2. The molecule has 0 aliphatic heterocycles. The lowest BCUT2D eigenvalue weighted by Crippen LogP contribution is -2.27. The van der Waals surface area contributed by atoms with Crippen molar-refractivity contribution in [2.75, 3.05) is 7.11 Å². The van der Waals surface area contributed by atoms with E-state index in [1.54, 1.807) is 36.4 Å². The van der Waals surface area contributed by atoms with E-state index in [1.165, 1.54) is 19.2 Å². The summed E-state index contributed by atoms with van der Waals surface area (Å²) in [5, 5.41) is 8.05. The van der Waals surface area contributed by atoms with Crippen molar-refractivity contribution in [2.24, 2.45) is 0 Å². The topological polar surface area (TPSA) is 80.7 Å². The first-order chi connectivity index (χ1) is 10.9. The summed E-state index contributed by atoms with van der Waals surface area (Å²) < 4.78 is 30.5. The third kappa shape index (κ3) is 4.32. The van der Waals surface area contributed by atoms with Gasteiger partial charge in [-0.15, -0.1) is 0 Å². The van der Waals surface area contributed by atoms with Gasteiger partial charge in [0.25, 0.3) is 0 Å². The largest absolute Gasteiger partial charge is 0.497 e. The van der Waals surface area contributed by atoms with Crippen LogP contribution in [0.4, 0.5) is 0 Å². The van der Waals surface area contributed by atoms with Crippen LogP contribution in [0.2, 0.25) is 0 Å². The van der Waals surface area contributed by atoms with Gasteiger partial charge >= 0.3 is 5.97 Å². The molecule has 0 saturated heterocycles. The molecule has 0 fully saturated rings. The van der Waals surface area contributed by atoms with Gasteiger partial charge in [0, 0.05) is 0 Å². The molecule has 1 N–H and O–H groups in total. The molecule has 0 radical (unpaired) electrons. The molecule has 1 atom stereocenters. The van der Waals surface area contributed by atoms with Gasteiger partial charge in [0.05, 0.1) is 23.7 Å². The fourth-order valence-corrected chi connectivity index (χ4v) is 4.00. The second-order valence-corrected chi connectivity index (χ2v) is 7.36. The number of carboxylic acid groups (broad SMARTS) is 1. The van der Waals surface area contributed by atoms with E-state index in [0.717, 1.165) is 5.56 Å². The van der Waals surface area contributed by atoms with Crippen LogP contribution in [0.3, 0.4) is 0 Å². The molecule has 0 aliphatic carbocycles. The monoisotopic (exact) mass is 334 g/mol. The minimum atomic E-state index is -3.76. The molecular weight excluding hydrogens is 316 g/mol. The lowest BCUT2D eigenvalue weighted by molar-refractivity contribution is -0.137. The predicted molar refractivity (Wildman–Crippen MR) is 86.4 cm³/mol. The maximum Gasteiger partial charge on any atom is 0.304 e. The van der Waals surface area contributed by atoms with Gasteiger partial charge in [-0.1, -0.05) is 30.3 Å². The standard InChI is InChI=1S/C17H18O5S/c1-22-14-7-9-15(10-8-14)23(20,21)16(12-17(18)19)11-13-5-3-2-4-6-13/h2-10,16H,11-12H2,1H3,(H,18,19)/t16-/m0/s1. The van der Waals surface area contributed by atoms with E-state index in [0.29, 0.717) is 5.75 Å². The van der Waals surface area contributed by atoms with Crippen molar-refractivity contribution in [1.29, 1.82) is 0 Å². The van der Waals surface area contributed by atoms with E-state index in [4.69, 9.17) is 9.84 Å². The zero-order valence-corrected chi connectivity index (χ0v) is 13.5. The van der Waals surface area contributed by atoms with Crippen molar-refractivity contribution >= 4 is 15.8 Å². The van der Waals surface area contributed by atoms with Crippen molar-refractivity contribution in [2.45, 2.75) is 23.0 Å². The Labute approximate surface area is 135 Å². The summed E-state index contributed by atoms with van der Waals surface area (Å²) in [6.45, 7) is 0. The summed E-state index contributed by atoms with van der Waals surface area (Å²) in [7, 11) is -2.26.